The first kappa shape index (κ1) is 37.0. The normalized spacial score (nSPS) is 48.2. The maximum absolute atomic E-state index is 14.3. The van der Waals surface area contributed by atoms with E-state index in [1.54, 1.807) is 6.92 Å². The predicted octanol–water partition coefficient (Wildman–Crippen LogP) is 1.59. The van der Waals surface area contributed by atoms with Crippen molar-refractivity contribution in [3.63, 3.8) is 0 Å². The maximum atomic E-state index is 14.3. The van der Waals surface area contributed by atoms with Gasteiger partial charge in [-0.05, 0) is 68.6 Å². The molecule has 5 fully saturated rings. The molecule has 12 nitrogen and oxygen atoms in total. The zero-order valence-electron chi connectivity index (χ0n) is 30.0. The van der Waals surface area contributed by atoms with Gasteiger partial charge in [0.25, 0.3) is 0 Å². The molecule has 276 valence electrons. The van der Waals surface area contributed by atoms with Crippen molar-refractivity contribution in [3.8, 4) is 0 Å². The molecule has 6 rings (SSSR count). The van der Waals surface area contributed by atoms with Crippen LogP contribution in [0.4, 0.5) is 0 Å². The van der Waals surface area contributed by atoms with Crippen LogP contribution in [0.3, 0.4) is 0 Å². The lowest BCUT2D eigenvalue weighted by molar-refractivity contribution is -0.301. The van der Waals surface area contributed by atoms with Crippen LogP contribution in [0, 0.1) is 44.8 Å². The minimum absolute atomic E-state index is 0.106. The number of ether oxygens (including phenoxy) is 3. The molecular weight excluding hydrogens is 636 g/mol. The van der Waals surface area contributed by atoms with E-state index in [2.05, 4.69) is 19.9 Å². The fourth-order valence-electron chi connectivity index (χ4n) is 11.9. The van der Waals surface area contributed by atoms with Gasteiger partial charge in [-0.3, -0.25) is 14.4 Å². The molecule has 49 heavy (non-hydrogen) atoms. The van der Waals surface area contributed by atoms with Crippen molar-refractivity contribution in [1.82, 2.24) is 0 Å². The fourth-order valence-corrected chi connectivity index (χ4v) is 11.9. The third-order valence-electron chi connectivity index (χ3n) is 14.5. The lowest BCUT2D eigenvalue weighted by atomic mass is 9.44. The van der Waals surface area contributed by atoms with E-state index in [0.29, 0.717) is 19.3 Å². The Hall–Kier alpha value is -1.77. The highest BCUT2D eigenvalue weighted by Crippen LogP contribution is 2.88. The Morgan fingerprint density at radius 3 is 2.35 bits per heavy atom. The van der Waals surface area contributed by atoms with Crippen LogP contribution >= 0.6 is 0 Å². The smallest absolute Gasteiger partial charge is 0.302 e. The minimum Gasteiger partial charge on any atom is -0.462 e. The summed E-state index contributed by atoms with van der Waals surface area (Å²) in [5.74, 6) is -2.89. The van der Waals surface area contributed by atoms with Crippen molar-refractivity contribution in [2.75, 3.05) is 6.61 Å². The Labute approximate surface area is 288 Å². The Bertz CT molecular complexity index is 1420. The second kappa shape index (κ2) is 11.6. The standard InChI is InChI=1S/C37H56O12/c1-17(13-19(39)29(44)33(5,6)46)25-27(42)30(45)34(7)22-10-9-21-32(3,4)23(49-31-28(43)26(41)20(40)15-47-31)11-12-36(21)16-37(22,36)14-24(35(25,34)8)48-18(2)38/h10,17,20-21,23-26,28-31,40-41,43-46H,9,11-16H2,1-8H3/t17-,20+,21+,23-,24-,25+,26+,28-,29+,30+,31+,34-,35-,36-,37+/m1/s1. The number of hydrogen-bond acceptors (Lipinski definition) is 12. The molecule has 1 heterocycles. The summed E-state index contributed by atoms with van der Waals surface area (Å²) in [6, 6.07) is 0. The second-order valence-electron chi connectivity index (χ2n) is 17.8. The predicted molar refractivity (Wildman–Crippen MR) is 173 cm³/mol. The van der Waals surface area contributed by atoms with Crippen molar-refractivity contribution in [1.29, 1.82) is 0 Å². The van der Waals surface area contributed by atoms with E-state index in [1.165, 1.54) is 20.8 Å². The van der Waals surface area contributed by atoms with Gasteiger partial charge >= 0.3 is 5.97 Å². The maximum Gasteiger partial charge on any atom is 0.302 e. The first-order valence-corrected chi connectivity index (χ1v) is 17.9. The average molecular weight is 693 g/mol. The second-order valence-corrected chi connectivity index (χ2v) is 17.8. The Kier molecular flexibility index (Phi) is 8.77. The van der Waals surface area contributed by atoms with E-state index in [0.717, 1.165) is 18.4 Å². The number of aliphatic hydroxyl groups is 6. The van der Waals surface area contributed by atoms with Gasteiger partial charge in [0, 0.05) is 35.5 Å². The van der Waals surface area contributed by atoms with Crippen LogP contribution in [0.5, 0.6) is 0 Å². The van der Waals surface area contributed by atoms with Gasteiger partial charge in [-0.25, -0.2) is 0 Å². The quantitative estimate of drug-likeness (QED) is 0.159. The van der Waals surface area contributed by atoms with E-state index in [4.69, 9.17) is 14.2 Å². The molecule has 12 heteroatoms. The molecule has 0 aromatic heterocycles. The van der Waals surface area contributed by atoms with Crippen molar-refractivity contribution < 1.29 is 59.2 Å². The first-order chi connectivity index (χ1) is 22.5. The highest BCUT2D eigenvalue weighted by Gasteiger charge is 2.85. The van der Waals surface area contributed by atoms with Crippen LogP contribution in [0.1, 0.15) is 93.9 Å². The molecule has 4 saturated carbocycles. The summed E-state index contributed by atoms with van der Waals surface area (Å²) < 4.78 is 18.1. The highest BCUT2D eigenvalue weighted by atomic mass is 16.7. The summed E-state index contributed by atoms with van der Waals surface area (Å²) in [6.07, 6.45) is -3.92. The zero-order chi connectivity index (χ0) is 36.4. The van der Waals surface area contributed by atoms with Crippen LogP contribution < -0.4 is 0 Å². The topological polar surface area (TPSA) is 200 Å². The zero-order valence-corrected chi connectivity index (χ0v) is 30.0. The molecule has 0 aromatic rings. The molecule has 0 unspecified atom stereocenters. The Balaban J connectivity index is 1.35. The molecular formula is C37H56O12. The van der Waals surface area contributed by atoms with Crippen molar-refractivity contribution in [3.05, 3.63) is 11.6 Å². The van der Waals surface area contributed by atoms with E-state index >= 15 is 0 Å². The van der Waals surface area contributed by atoms with Gasteiger partial charge in [0.1, 0.15) is 36.6 Å². The number of Topliss-reactive ketones (excluding diaryl/α,β-unsaturated/α-hetero) is 2. The van der Waals surface area contributed by atoms with Crippen molar-refractivity contribution in [2.45, 2.75) is 149 Å². The van der Waals surface area contributed by atoms with Crippen LogP contribution in [0.2, 0.25) is 0 Å². The summed E-state index contributed by atoms with van der Waals surface area (Å²) in [4.78, 5) is 40.1. The number of esters is 1. The molecule has 0 radical (unpaired) electrons. The molecule has 1 saturated heterocycles. The summed E-state index contributed by atoms with van der Waals surface area (Å²) in [5, 5.41) is 63.6. The van der Waals surface area contributed by atoms with E-state index in [-0.39, 0.29) is 30.5 Å². The number of rotatable bonds is 8. The Morgan fingerprint density at radius 2 is 1.73 bits per heavy atom. The summed E-state index contributed by atoms with van der Waals surface area (Å²) >= 11 is 0. The Morgan fingerprint density at radius 1 is 1.08 bits per heavy atom. The van der Waals surface area contributed by atoms with Crippen molar-refractivity contribution in [2.24, 2.45) is 44.8 Å². The third kappa shape index (κ3) is 4.95. The first-order valence-electron chi connectivity index (χ1n) is 17.9. The van der Waals surface area contributed by atoms with Gasteiger partial charge in [-0.1, -0.05) is 46.3 Å². The van der Waals surface area contributed by atoms with Crippen LogP contribution in [-0.2, 0) is 28.6 Å². The minimum atomic E-state index is -1.67. The summed E-state index contributed by atoms with van der Waals surface area (Å²) in [7, 11) is 0. The van der Waals surface area contributed by atoms with Gasteiger partial charge in [-0.15, -0.1) is 0 Å². The van der Waals surface area contributed by atoms with E-state index in [1.807, 2.05) is 13.8 Å². The van der Waals surface area contributed by atoms with Gasteiger partial charge in [0.2, 0.25) is 0 Å². The molecule has 0 amide bonds. The molecule has 5 aliphatic carbocycles. The largest absolute Gasteiger partial charge is 0.462 e. The molecule has 0 aromatic carbocycles. The lowest BCUT2D eigenvalue weighted by Gasteiger charge is -2.61. The van der Waals surface area contributed by atoms with E-state index < -0.39 is 99.5 Å². The SMILES string of the molecule is CC(=O)O[C@@H]1C[C@@]23C[C@@]24CC[C@@H](O[C@@H]2OC[C@H](O)[C@H](O)[C@H]2O)C(C)(C)[C@@H]4CC=C3[C@]2(C)[C@@H](O)C(=O)[C@H]([C@H](C)CC(=O)[C@H](O)C(C)(C)O)[C@@]12C. The van der Waals surface area contributed by atoms with Crippen LogP contribution in [0.15, 0.2) is 11.6 Å². The van der Waals surface area contributed by atoms with E-state index in [9.17, 15) is 45.0 Å². The molecule has 15 atom stereocenters. The third-order valence-corrected chi connectivity index (χ3v) is 14.5. The van der Waals surface area contributed by atoms with Crippen LogP contribution in [-0.4, -0.2) is 109 Å². The number of fused-ring (bicyclic) bond motifs is 2. The van der Waals surface area contributed by atoms with Gasteiger partial charge < -0.3 is 44.8 Å². The molecule has 6 N–H and O–H groups in total. The van der Waals surface area contributed by atoms with Gasteiger partial charge in [0.15, 0.2) is 17.9 Å². The monoisotopic (exact) mass is 692 g/mol. The summed E-state index contributed by atoms with van der Waals surface area (Å²) in [5.41, 5.74) is -3.92. The van der Waals surface area contributed by atoms with Crippen molar-refractivity contribution >= 4 is 17.5 Å². The number of hydrogen-bond donors (Lipinski definition) is 6. The molecule has 0 bridgehead atoms. The molecule has 6 aliphatic rings. The highest BCUT2D eigenvalue weighted by molar-refractivity contribution is 5.93. The average Bonchev–Trinajstić information content (AvgIpc) is 3.62. The van der Waals surface area contributed by atoms with Gasteiger partial charge in [0.05, 0.1) is 18.3 Å². The molecule has 1 aliphatic heterocycles. The number of carbonyl (C=O) groups excluding carboxylic acids is 3. The lowest BCUT2D eigenvalue weighted by Crippen LogP contribution is -2.61. The van der Waals surface area contributed by atoms with Gasteiger partial charge in [-0.2, -0.15) is 0 Å². The molecule has 2 spiro atoms. The number of ketones is 2. The number of carbonyl (C=O) groups is 3. The fraction of sp³-hybridized carbons (Fsp3) is 0.865. The number of aliphatic hydroxyl groups excluding tert-OH is 5. The van der Waals surface area contributed by atoms with Crippen LogP contribution in [0.25, 0.3) is 0 Å². The number of allylic oxidation sites excluding steroid dienone is 1. The summed E-state index contributed by atoms with van der Waals surface area (Å²) in [6.45, 7) is 13.7.